The van der Waals surface area contributed by atoms with E-state index < -0.39 is 11.7 Å². The molecule has 1 fully saturated rings. The van der Waals surface area contributed by atoms with Crippen molar-refractivity contribution in [3.8, 4) is 11.1 Å². The van der Waals surface area contributed by atoms with Gasteiger partial charge in [0.2, 0.25) is 0 Å². The Labute approximate surface area is 150 Å². The lowest BCUT2D eigenvalue weighted by Gasteiger charge is -2.27. The van der Waals surface area contributed by atoms with Crippen molar-refractivity contribution in [1.29, 1.82) is 0 Å². The van der Waals surface area contributed by atoms with Crippen molar-refractivity contribution in [2.45, 2.75) is 6.18 Å². The molecule has 0 bridgehead atoms. The highest BCUT2D eigenvalue weighted by molar-refractivity contribution is 6.00. The number of carbonyl (C=O) groups excluding carboxylic acids is 1. The van der Waals surface area contributed by atoms with Gasteiger partial charge in [0.1, 0.15) is 0 Å². The second kappa shape index (κ2) is 7.89. The third-order valence-electron chi connectivity index (χ3n) is 4.11. The zero-order chi connectivity index (χ0) is 17.2. The Hall–Kier alpha value is -2.05. The van der Waals surface area contributed by atoms with E-state index in [-0.39, 0.29) is 18.3 Å². The number of halogens is 4. The van der Waals surface area contributed by atoms with E-state index in [1.807, 2.05) is 0 Å². The average Bonchev–Trinajstić information content (AvgIpc) is 2.52. The van der Waals surface area contributed by atoms with E-state index in [2.05, 4.69) is 10.6 Å². The van der Waals surface area contributed by atoms with Crippen molar-refractivity contribution in [3.05, 3.63) is 59.7 Å². The third kappa shape index (κ3) is 4.52. The standard InChI is InChI=1S/C18H17F3N2O.ClH/c19-18(20,21)14-7-5-13(6-8-14)15-3-1-2-4-16(15)17(24)23-11-12-9-22-10-12;/h1-8,12,22H,9-11H2,(H,23,24);1H. The summed E-state index contributed by atoms with van der Waals surface area (Å²) in [5.74, 6) is 0.226. The van der Waals surface area contributed by atoms with E-state index in [4.69, 9.17) is 0 Å². The van der Waals surface area contributed by atoms with Gasteiger partial charge in [0.05, 0.1) is 5.56 Å². The highest BCUT2D eigenvalue weighted by atomic mass is 35.5. The van der Waals surface area contributed by atoms with Gasteiger partial charge in [-0.15, -0.1) is 12.4 Å². The minimum atomic E-state index is -4.37. The molecule has 1 amide bonds. The zero-order valence-electron chi connectivity index (χ0n) is 13.3. The lowest BCUT2D eigenvalue weighted by molar-refractivity contribution is -0.137. The molecule has 0 aromatic heterocycles. The van der Waals surface area contributed by atoms with Gasteiger partial charge in [-0.1, -0.05) is 30.3 Å². The van der Waals surface area contributed by atoms with Gasteiger partial charge in [-0.3, -0.25) is 4.79 Å². The number of amides is 1. The molecule has 0 saturated carbocycles. The third-order valence-corrected chi connectivity index (χ3v) is 4.11. The Bertz CT molecular complexity index is 728. The predicted octanol–water partition coefficient (Wildman–Crippen LogP) is 3.74. The molecule has 1 saturated heterocycles. The number of carbonyl (C=O) groups is 1. The average molecular weight is 371 g/mol. The first kappa shape index (κ1) is 19.3. The van der Waals surface area contributed by atoms with E-state index in [0.717, 1.165) is 25.2 Å². The van der Waals surface area contributed by atoms with Gasteiger partial charge in [0, 0.05) is 31.1 Å². The Kier molecular flexibility index (Phi) is 6.08. The van der Waals surface area contributed by atoms with Crippen LogP contribution in [0.5, 0.6) is 0 Å². The van der Waals surface area contributed by atoms with Crippen LogP contribution in [0.2, 0.25) is 0 Å². The van der Waals surface area contributed by atoms with Crippen LogP contribution in [0.1, 0.15) is 15.9 Å². The highest BCUT2D eigenvalue weighted by Gasteiger charge is 2.30. The van der Waals surface area contributed by atoms with Crippen LogP contribution in [-0.4, -0.2) is 25.5 Å². The zero-order valence-corrected chi connectivity index (χ0v) is 14.1. The lowest BCUT2D eigenvalue weighted by atomic mass is 9.97. The summed E-state index contributed by atoms with van der Waals surface area (Å²) in [5.41, 5.74) is 0.963. The summed E-state index contributed by atoms with van der Waals surface area (Å²) in [5, 5.41) is 6.02. The largest absolute Gasteiger partial charge is 0.416 e. The maximum Gasteiger partial charge on any atom is 0.416 e. The first-order valence-corrected chi connectivity index (χ1v) is 7.71. The molecule has 3 nitrogen and oxygen atoms in total. The Morgan fingerprint density at radius 2 is 1.72 bits per heavy atom. The summed E-state index contributed by atoms with van der Waals surface area (Å²) in [6.45, 7) is 2.37. The van der Waals surface area contributed by atoms with Gasteiger partial charge in [-0.2, -0.15) is 13.2 Å². The SMILES string of the molecule is Cl.O=C(NCC1CNC1)c1ccccc1-c1ccc(C(F)(F)F)cc1. The smallest absolute Gasteiger partial charge is 0.352 e. The maximum atomic E-state index is 12.7. The summed E-state index contributed by atoms with van der Waals surface area (Å²) >= 11 is 0. The molecule has 2 aromatic rings. The van der Waals surface area contributed by atoms with Crippen molar-refractivity contribution in [3.63, 3.8) is 0 Å². The molecule has 0 aliphatic carbocycles. The number of hydrogen-bond acceptors (Lipinski definition) is 2. The molecule has 1 aliphatic heterocycles. The molecule has 0 unspecified atom stereocenters. The number of hydrogen-bond donors (Lipinski definition) is 2. The Balaban J connectivity index is 0.00000225. The van der Waals surface area contributed by atoms with Crippen LogP contribution < -0.4 is 10.6 Å². The highest BCUT2D eigenvalue weighted by Crippen LogP contribution is 2.31. The molecule has 0 spiro atoms. The molecule has 0 radical (unpaired) electrons. The van der Waals surface area contributed by atoms with E-state index in [9.17, 15) is 18.0 Å². The van der Waals surface area contributed by atoms with Gasteiger partial charge < -0.3 is 10.6 Å². The fourth-order valence-electron chi connectivity index (χ4n) is 2.60. The summed E-state index contributed by atoms with van der Waals surface area (Å²) in [6.07, 6.45) is -4.37. The number of rotatable bonds is 4. The van der Waals surface area contributed by atoms with Gasteiger partial charge in [-0.05, 0) is 29.3 Å². The fourth-order valence-corrected chi connectivity index (χ4v) is 2.60. The van der Waals surface area contributed by atoms with Crippen LogP contribution in [0.25, 0.3) is 11.1 Å². The predicted molar refractivity (Wildman–Crippen MR) is 92.8 cm³/mol. The topological polar surface area (TPSA) is 41.1 Å². The number of benzene rings is 2. The van der Waals surface area contributed by atoms with E-state index in [1.165, 1.54) is 12.1 Å². The van der Waals surface area contributed by atoms with E-state index >= 15 is 0 Å². The minimum absolute atomic E-state index is 0. The molecule has 0 atom stereocenters. The first-order chi connectivity index (χ1) is 11.4. The van der Waals surface area contributed by atoms with Gasteiger partial charge in [0.25, 0.3) is 5.91 Å². The second-order valence-electron chi connectivity index (χ2n) is 5.85. The number of alkyl halides is 3. The van der Waals surface area contributed by atoms with Crippen molar-refractivity contribution >= 4 is 18.3 Å². The molecule has 134 valence electrons. The first-order valence-electron chi connectivity index (χ1n) is 7.71. The minimum Gasteiger partial charge on any atom is -0.352 e. The Morgan fingerprint density at radius 1 is 1.08 bits per heavy atom. The van der Waals surface area contributed by atoms with Crippen molar-refractivity contribution in [2.24, 2.45) is 5.92 Å². The monoisotopic (exact) mass is 370 g/mol. The van der Waals surface area contributed by atoms with Crippen LogP contribution in [0.4, 0.5) is 13.2 Å². The molecule has 3 rings (SSSR count). The van der Waals surface area contributed by atoms with Crippen LogP contribution in [0.15, 0.2) is 48.5 Å². The molecule has 2 N–H and O–H groups in total. The fraction of sp³-hybridized carbons (Fsp3) is 0.278. The molecule has 1 aliphatic rings. The van der Waals surface area contributed by atoms with Crippen LogP contribution in [0, 0.1) is 5.92 Å². The molecular weight excluding hydrogens is 353 g/mol. The van der Waals surface area contributed by atoms with Crippen LogP contribution in [-0.2, 0) is 6.18 Å². The molecular formula is C18H18ClF3N2O. The summed E-state index contributed by atoms with van der Waals surface area (Å²) in [7, 11) is 0. The molecule has 1 heterocycles. The van der Waals surface area contributed by atoms with Crippen LogP contribution >= 0.6 is 12.4 Å². The van der Waals surface area contributed by atoms with Crippen molar-refractivity contribution in [2.75, 3.05) is 19.6 Å². The summed E-state index contributed by atoms with van der Waals surface area (Å²) < 4.78 is 38.0. The van der Waals surface area contributed by atoms with Crippen molar-refractivity contribution < 1.29 is 18.0 Å². The Morgan fingerprint density at radius 3 is 2.28 bits per heavy atom. The van der Waals surface area contributed by atoms with E-state index in [0.29, 0.717) is 29.2 Å². The quantitative estimate of drug-likeness (QED) is 0.860. The van der Waals surface area contributed by atoms with Crippen molar-refractivity contribution in [1.82, 2.24) is 10.6 Å². The maximum absolute atomic E-state index is 12.7. The van der Waals surface area contributed by atoms with E-state index in [1.54, 1.807) is 24.3 Å². The molecule has 2 aromatic carbocycles. The van der Waals surface area contributed by atoms with Crippen LogP contribution in [0.3, 0.4) is 0 Å². The normalized spacial score (nSPS) is 14.4. The lowest BCUT2D eigenvalue weighted by Crippen LogP contribution is -2.48. The molecule has 25 heavy (non-hydrogen) atoms. The van der Waals surface area contributed by atoms with Gasteiger partial charge in [0.15, 0.2) is 0 Å². The summed E-state index contributed by atoms with van der Waals surface area (Å²) in [4.78, 5) is 12.4. The summed E-state index contributed by atoms with van der Waals surface area (Å²) in [6, 6.07) is 11.8. The van der Waals surface area contributed by atoms with Gasteiger partial charge >= 0.3 is 6.18 Å². The molecule has 7 heteroatoms. The number of nitrogens with one attached hydrogen (secondary N) is 2. The second-order valence-corrected chi connectivity index (χ2v) is 5.85. The van der Waals surface area contributed by atoms with Gasteiger partial charge in [-0.25, -0.2) is 0 Å².